The molecule has 0 unspecified atom stereocenters. The summed E-state index contributed by atoms with van der Waals surface area (Å²) in [5, 5.41) is 4.27. The van der Waals surface area contributed by atoms with Crippen molar-refractivity contribution in [3.63, 3.8) is 0 Å². The second-order valence-electron chi connectivity index (χ2n) is 4.42. The van der Waals surface area contributed by atoms with E-state index >= 15 is 0 Å². The Bertz CT molecular complexity index is 342. The van der Waals surface area contributed by atoms with Gasteiger partial charge < -0.3 is 10.5 Å². The van der Waals surface area contributed by atoms with Crippen LogP contribution in [0.2, 0.25) is 0 Å². The van der Waals surface area contributed by atoms with Gasteiger partial charge >= 0.3 is 0 Å². The molecule has 0 bridgehead atoms. The maximum absolute atomic E-state index is 6.05. The first-order valence-corrected chi connectivity index (χ1v) is 5.55. The molecule has 2 rings (SSSR count). The Morgan fingerprint density at radius 1 is 1.60 bits per heavy atom. The Balaban J connectivity index is 2.09. The van der Waals surface area contributed by atoms with E-state index in [1.54, 1.807) is 4.68 Å². The summed E-state index contributed by atoms with van der Waals surface area (Å²) >= 11 is 0. The van der Waals surface area contributed by atoms with Gasteiger partial charge in [-0.1, -0.05) is 0 Å². The van der Waals surface area contributed by atoms with Crippen molar-refractivity contribution in [3.8, 4) is 5.88 Å². The predicted octanol–water partition coefficient (Wildman–Crippen LogP) is 1.38. The van der Waals surface area contributed by atoms with Crippen molar-refractivity contribution >= 4 is 0 Å². The molecule has 0 spiro atoms. The largest absolute Gasteiger partial charge is 0.471 e. The standard InChI is InChI=1S/C11H19N3O/c1-9-8-10(14(2)13-9)15-11(6-7-12)4-3-5-11/h8H,3-7,12H2,1-2H3. The van der Waals surface area contributed by atoms with E-state index in [4.69, 9.17) is 10.5 Å². The summed E-state index contributed by atoms with van der Waals surface area (Å²) in [6.07, 6.45) is 4.43. The summed E-state index contributed by atoms with van der Waals surface area (Å²) in [4.78, 5) is 0. The minimum Gasteiger partial charge on any atom is -0.471 e. The van der Waals surface area contributed by atoms with Gasteiger partial charge in [0.1, 0.15) is 5.60 Å². The average Bonchev–Trinajstić information content (AvgIpc) is 2.42. The van der Waals surface area contributed by atoms with Crippen LogP contribution in [0.1, 0.15) is 31.4 Å². The highest BCUT2D eigenvalue weighted by Crippen LogP contribution is 2.38. The molecule has 0 amide bonds. The lowest BCUT2D eigenvalue weighted by atomic mass is 9.77. The fourth-order valence-corrected chi connectivity index (χ4v) is 2.14. The number of aromatic nitrogens is 2. The zero-order valence-corrected chi connectivity index (χ0v) is 9.49. The summed E-state index contributed by atoms with van der Waals surface area (Å²) in [6.45, 7) is 2.67. The molecule has 15 heavy (non-hydrogen) atoms. The molecule has 1 aromatic rings. The van der Waals surface area contributed by atoms with E-state index in [2.05, 4.69) is 5.10 Å². The van der Waals surface area contributed by atoms with Crippen LogP contribution in [0, 0.1) is 6.92 Å². The molecule has 0 atom stereocenters. The number of ether oxygens (including phenoxy) is 1. The molecular weight excluding hydrogens is 190 g/mol. The molecule has 2 N–H and O–H groups in total. The second-order valence-corrected chi connectivity index (χ2v) is 4.42. The van der Waals surface area contributed by atoms with Crippen LogP contribution in [-0.4, -0.2) is 21.9 Å². The lowest BCUT2D eigenvalue weighted by Crippen LogP contribution is -2.45. The van der Waals surface area contributed by atoms with Gasteiger partial charge in [0.25, 0.3) is 0 Å². The highest BCUT2D eigenvalue weighted by Gasteiger charge is 2.39. The molecule has 1 saturated carbocycles. The zero-order valence-electron chi connectivity index (χ0n) is 9.49. The number of hydrogen-bond acceptors (Lipinski definition) is 3. The van der Waals surface area contributed by atoms with Crippen LogP contribution in [0.25, 0.3) is 0 Å². The fraction of sp³-hybridized carbons (Fsp3) is 0.727. The highest BCUT2D eigenvalue weighted by molar-refractivity contribution is 5.16. The minimum absolute atomic E-state index is 0.00498. The smallest absolute Gasteiger partial charge is 0.212 e. The maximum Gasteiger partial charge on any atom is 0.212 e. The van der Waals surface area contributed by atoms with Crippen molar-refractivity contribution in [2.75, 3.05) is 6.54 Å². The third kappa shape index (κ3) is 2.00. The highest BCUT2D eigenvalue weighted by atomic mass is 16.5. The molecule has 1 aromatic heterocycles. The third-order valence-electron chi connectivity index (χ3n) is 3.14. The summed E-state index contributed by atoms with van der Waals surface area (Å²) in [6, 6.07) is 1.98. The van der Waals surface area contributed by atoms with E-state index in [0.29, 0.717) is 6.54 Å². The van der Waals surface area contributed by atoms with Crippen molar-refractivity contribution in [1.29, 1.82) is 0 Å². The van der Waals surface area contributed by atoms with Gasteiger partial charge in [-0.25, -0.2) is 4.68 Å². The predicted molar refractivity (Wildman–Crippen MR) is 58.8 cm³/mol. The number of rotatable bonds is 4. The Hall–Kier alpha value is -1.03. The van der Waals surface area contributed by atoms with Gasteiger partial charge in [-0.05, 0) is 39.2 Å². The van der Waals surface area contributed by atoms with Gasteiger partial charge in [-0.3, -0.25) is 0 Å². The zero-order chi connectivity index (χ0) is 10.9. The van der Waals surface area contributed by atoms with Crippen molar-refractivity contribution < 1.29 is 4.74 Å². The van der Waals surface area contributed by atoms with Crippen LogP contribution in [0.5, 0.6) is 5.88 Å². The van der Waals surface area contributed by atoms with Gasteiger partial charge in [0.2, 0.25) is 5.88 Å². The van der Waals surface area contributed by atoms with Gasteiger partial charge in [-0.2, -0.15) is 5.10 Å². The van der Waals surface area contributed by atoms with Crippen LogP contribution in [-0.2, 0) is 7.05 Å². The van der Waals surface area contributed by atoms with Gasteiger partial charge in [0.15, 0.2) is 0 Å². The summed E-state index contributed by atoms with van der Waals surface area (Å²) < 4.78 is 7.85. The van der Waals surface area contributed by atoms with Crippen molar-refractivity contribution in [2.24, 2.45) is 12.8 Å². The topological polar surface area (TPSA) is 53.1 Å². The quantitative estimate of drug-likeness (QED) is 0.815. The van der Waals surface area contributed by atoms with E-state index < -0.39 is 0 Å². The fourth-order valence-electron chi connectivity index (χ4n) is 2.14. The molecule has 0 aliphatic heterocycles. The number of hydrogen-bond donors (Lipinski definition) is 1. The Morgan fingerprint density at radius 2 is 2.33 bits per heavy atom. The Labute approximate surface area is 90.4 Å². The summed E-state index contributed by atoms with van der Waals surface area (Å²) in [7, 11) is 1.91. The molecule has 1 aliphatic carbocycles. The minimum atomic E-state index is -0.00498. The van der Waals surface area contributed by atoms with Gasteiger partial charge in [0, 0.05) is 13.1 Å². The van der Waals surface area contributed by atoms with E-state index in [1.807, 2.05) is 20.0 Å². The van der Waals surface area contributed by atoms with Crippen LogP contribution >= 0.6 is 0 Å². The van der Waals surface area contributed by atoms with E-state index in [-0.39, 0.29) is 5.60 Å². The number of aryl methyl sites for hydroxylation is 2. The molecule has 0 aromatic carbocycles. The van der Waals surface area contributed by atoms with E-state index in [1.165, 1.54) is 6.42 Å². The van der Waals surface area contributed by atoms with Crippen molar-refractivity contribution in [1.82, 2.24) is 9.78 Å². The first kappa shape index (κ1) is 10.5. The SMILES string of the molecule is Cc1cc(OC2(CCN)CCC2)n(C)n1. The molecule has 1 aliphatic rings. The van der Waals surface area contributed by atoms with Crippen LogP contribution in [0.4, 0.5) is 0 Å². The molecule has 4 heteroatoms. The molecule has 0 radical (unpaired) electrons. The molecule has 0 saturated heterocycles. The van der Waals surface area contributed by atoms with Crippen LogP contribution in [0.15, 0.2) is 6.07 Å². The number of nitrogens with zero attached hydrogens (tertiary/aromatic N) is 2. The first-order valence-electron chi connectivity index (χ1n) is 5.55. The molecular formula is C11H19N3O. The summed E-state index contributed by atoms with van der Waals surface area (Å²) in [5.74, 6) is 0.862. The van der Waals surface area contributed by atoms with Gasteiger partial charge in [0.05, 0.1) is 5.69 Å². The molecule has 4 nitrogen and oxygen atoms in total. The Morgan fingerprint density at radius 3 is 2.73 bits per heavy atom. The van der Waals surface area contributed by atoms with Gasteiger partial charge in [-0.15, -0.1) is 0 Å². The monoisotopic (exact) mass is 209 g/mol. The van der Waals surface area contributed by atoms with E-state index in [9.17, 15) is 0 Å². The Kier molecular flexibility index (Phi) is 2.69. The van der Waals surface area contributed by atoms with Crippen molar-refractivity contribution in [2.45, 2.75) is 38.2 Å². The maximum atomic E-state index is 6.05. The second kappa shape index (κ2) is 3.85. The summed E-state index contributed by atoms with van der Waals surface area (Å²) in [5.41, 5.74) is 6.61. The normalized spacial score (nSPS) is 18.6. The van der Waals surface area contributed by atoms with Crippen molar-refractivity contribution in [3.05, 3.63) is 11.8 Å². The average molecular weight is 209 g/mol. The third-order valence-corrected chi connectivity index (χ3v) is 3.14. The lowest BCUT2D eigenvalue weighted by molar-refractivity contribution is -0.0192. The first-order chi connectivity index (χ1) is 7.15. The number of nitrogens with two attached hydrogens (primary N) is 1. The molecule has 84 valence electrons. The van der Waals surface area contributed by atoms with E-state index in [0.717, 1.165) is 30.8 Å². The molecule has 1 heterocycles. The van der Waals surface area contributed by atoms with Crippen LogP contribution < -0.4 is 10.5 Å². The molecule has 1 fully saturated rings. The lowest BCUT2D eigenvalue weighted by Gasteiger charge is -2.41. The van der Waals surface area contributed by atoms with Crippen LogP contribution in [0.3, 0.4) is 0 Å².